The maximum absolute atomic E-state index is 13.7. The average Bonchev–Trinajstić information content (AvgIpc) is 3.30. The Bertz CT molecular complexity index is 1980. The predicted octanol–water partition coefficient (Wildman–Crippen LogP) is 7.17. The van der Waals surface area contributed by atoms with Crippen molar-refractivity contribution in [3.63, 3.8) is 0 Å². The Labute approximate surface area is 199 Å². The summed E-state index contributed by atoms with van der Waals surface area (Å²) in [5.74, 6) is 1.59. The number of fused-ring (bicyclic) bond motifs is 6. The number of ether oxygens (including phenoxy) is 1. The van der Waals surface area contributed by atoms with E-state index in [1.54, 1.807) is 4.40 Å². The van der Waals surface area contributed by atoms with E-state index in [1.807, 2.05) is 72.8 Å². The van der Waals surface area contributed by atoms with E-state index in [0.717, 1.165) is 55.8 Å². The number of rotatable bonds is 1. The quantitative estimate of drug-likeness (QED) is 0.265. The highest BCUT2D eigenvalue weighted by atomic mass is 16.5. The maximum Gasteiger partial charge on any atom is 0.264 e. The van der Waals surface area contributed by atoms with Crippen molar-refractivity contribution >= 4 is 55.3 Å². The number of hydrogen-bond acceptors (Lipinski definition) is 4. The molecule has 0 amide bonds. The van der Waals surface area contributed by atoms with Crippen LogP contribution in [-0.4, -0.2) is 9.38 Å². The van der Waals surface area contributed by atoms with Crippen LogP contribution in [0.15, 0.2) is 108 Å². The predicted molar refractivity (Wildman–Crippen MR) is 140 cm³/mol. The minimum absolute atomic E-state index is 0.0493. The molecule has 3 heterocycles. The Hall–Kier alpha value is -4.90. The molecule has 5 nitrogen and oxygen atoms in total. The van der Waals surface area contributed by atoms with Crippen LogP contribution in [0, 0.1) is 0 Å². The summed E-state index contributed by atoms with van der Waals surface area (Å²) >= 11 is 0. The Kier molecular flexibility index (Phi) is 3.48. The van der Waals surface area contributed by atoms with Gasteiger partial charge in [0.25, 0.3) is 5.56 Å². The molecule has 0 fully saturated rings. The lowest BCUT2D eigenvalue weighted by molar-refractivity contribution is 0.477. The van der Waals surface area contributed by atoms with Crippen LogP contribution in [0.3, 0.4) is 0 Å². The van der Waals surface area contributed by atoms with Gasteiger partial charge in [-0.25, -0.2) is 4.98 Å². The van der Waals surface area contributed by atoms with E-state index in [0.29, 0.717) is 11.0 Å². The van der Waals surface area contributed by atoms with Gasteiger partial charge in [0.05, 0.1) is 28.1 Å². The molecule has 0 spiro atoms. The fourth-order valence-corrected chi connectivity index (χ4v) is 5.45. The monoisotopic (exact) mass is 451 g/mol. The summed E-state index contributed by atoms with van der Waals surface area (Å²) in [5.41, 5.74) is 5.20. The van der Waals surface area contributed by atoms with Crippen molar-refractivity contribution < 1.29 is 4.74 Å². The van der Waals surface area contributed by atoms with Crippen LogP contribution in [0.4, 0.5) is 17.1 Å². The summed E-state index contributed by atoms with van der Waals surface area (Å²) in [6.45, 7) is 0. The second-order valence-electron chi connectivity index (χ2n) is 8.80. The van der Waals surface area contributed by atoms with E-state index in [2.05, 4.69) is 35.2 Å². The van der Waals surface area contributed by atoms with Gasteiger partial charge in [0.15, 0.2) is 11.5 Å². The number of pyridine rings is 1. The average molecular weight is 451 g/mol. The summed E-state index contributed by atoms with van der Waals surface area (Å²) in [7, 11) is 0. The zero-order chi connectivity index (χ0) is 23.1. The standard InChI is InChI=1S/C30H17N3O2/c34-30-20-9-7-8-18-22(32-24-12-3-5-14-26(24)35-27-15-6-4-13-25(27)32)17-16-19(28(18)20)29-31-21-10-1-2-11-23(21)33(29)30/h1-17H. The first-order chi connectivity index (χ1) is 17.3. The lowest BCUT2D eigenvalue weighted by Gasteiger charge is -2.33. The number of imidazole rings is 1. The second kappa shape index (κ2) is 6.58. The highest BCUT2D eigenvalue weighted by Gasteiger charge is 2.27. The largest absolute Gasteiger partial charge is 0.453 e. The molecule has 8 rings (SSSR count). The molecule has 0 bridgehead atoms. The molecule has 0 N–H and O–H groups in total. The third-order valence-corrected chi connectivity index (χ3v) is 6.93. The summed E-state index contributed by atoms with van der Waals surface area (Å²) in [6.07, 6.45) is 0. The summed E-state index contributed by atoms with van der Waals surface area (Å²) in [5, 5.41) is 3.58. The van der Waals surface area contributed by atoms with Crippen molar-refractivity contribution in [2.45, 2.75) is 0 Å². The molecule has 0 unspecified atom stereocenters. The molecule has 2 aromatic heterocycles. The van der Waals surface area contributed by atoms with Gasteiger partial charge in [-0.3, -0.25) is 9.20 Å². The van der Waals surface area contributed by atoms with Crippen LogP contribution in [0.5, 0.6) is 11.5 Å². The van der Waals surface area contributed by atoms with Gasteiger partial charge in [0.2, 0.25) is 0 Å². The maximum atomic E-state index is 13.7. The van der Waals surface area contributed by atoms with Crippen LogP contribution >= 0.6 is 0 Å². The first-order valence-electron chi connectivity index (χ1n) is 11.5. The summed E-state index contributed by atoms with van der Waals surface area (Å²) in [4.78, 5) is 20.8. The van der Waals surface area contributed by atoms with E-state index in [-0.39, 0.29) is 5.56 Å². The molecular formula is C30H17N3O2. The summed E-state index contributed by atoms with van der Waals surface area (Å²) in [6, 6.07) is 34.0. The van der Waals surface area contributed by atoms with E-state index in [9.17, 15) is 4.79 Å². The van der Waals surface area contributed by atoms with Crippen LogP contribution in [-0.2, 0) is 0 Å². The van der Waals surface area contributed by atoms with Crippen molar-refractivity contribution in [3.8, 4) is 11.5 Å². The minimum Gasteiger partial charge on any atom is -0.453 e. The summed E-state index contributed by atoms with van der Waals surface area (Å²) < 4.78 is 7.95. The number of hydrogen-bond donors (Lipinski definition) is 0. The lowest BCUT2D eigenvalue weighted by atomic mass is 9.99. The van der Waals surface area contributed by atoms with Gasteiger partial charge in [-0.05, 0) is 54.6 Å². The van der Waals surface area contributed by atoms with Gasteiger partial charge < -0.3 is 9.64 Å². The van der Waals surface area contributed by atoms with Gasteiger partial charge >= 0.3 is 0 Å². The number of anilines is 3. The van der Waals surface area contributed by atoms with Crippen molar-refractivity contribution in [3.05, 3.63) is 113 Å². The van der Waals surface area contributed by atoms with Crippen LogP contribution in [0.25, 0.3) is 38.2 Å². The fraction of sp³-hybridized carbons (Fsp3) is 0. The highest BCUT2D eigenvalue weighted by Crippen LogP contribution is 2.52. The molecule has 1 aliphatic heterocycles. The molecule has 5 aromatic carbocycles. The van der Waals surface area contributed by atoms with Crippen molar-refractivity contribution in [2.75, 3.05) is 4.90 Å². The molecular weight excluding hydrogens is 434 g/mol. The number of para-hydroxylation sites is 6. The van der Waals surface area contributed by atoms with E-state index < -0.39 is 0 Å². The molecule has 164 valence electrons. The third-order valence-electron chi connectivity index (χ3n) is 6.93. The van der Waals surface area contributed by atoms with E-state index in [1.165, 1.54) is 0 Å². The van der Waals surface area contributed by atoms with Crippen molar-refractivity contribution in [2.24, 2.45) is 0 Å². The Morgan fingerprint density at radius 1 is 0.600 bits per heavy atom. The SMILES string of the molecule is O=c1c2cccc3c(N4c5ccccc5Oc5ccccc54)ccc(c32)c2nc3ccccc3n12. The highest BCUT2D eigenvalue weighted by molar-refractivity contribution is 6.20. The van der Waals surface area contributed by atoms with Crippen molar-refractivity contribution in [1.29, 1.82) is 0 Å². The number of aromatic nitrogens is 2. The Morgan fingerprint density at radius 2 is 1.29 bits per heavy atom. The van der Waals surface area contributed by atoms with Crippen LogP contribution in [0.1, 0.15) is 0 Å². The molecule has 35 heavy (non-hydrogen) atoms. The zero-order valence-electron chi connectivity index (χ0n) is 18.5. The van der Waals surface area contributed by atoms with Gasteiger partial charge in [-0.1, -0.05) is 48.5 Å². The molecule has 0 aliphatic carbocycles. The molecule has 0 saturated heterocycles. The molecule has 7 aromatic rings. The third kappa shape index (κ3) is 2.36. The van der Waals surface area contributed by atoms with Gasteiger partial charge in [-0.2, -0.15) is 0 Å². The van der Waals surface area contributed by atoms with Crippen molar-refractivity contribution in [1.82, 2.24) is 9.38 Å². The van der Waals surface area contributed by atoms with E-state index >= 15 is 0 Å². The second-order valence-corrected chi connectivity index (χ2v) is 8.80. The number of benzene rings is 5. The normalized spacial score (nSPS) is 12.9. The van der Waals surface area contributed by atoms with Crippen LogP contribution < -0.4 is 15.2 Å². The van der Waals surface area contributed by atoms with Gasteiger partial charge in [-0.15, -0.1) is 0 Å². The van der Waals surface area contributed by atoms with Crippen LogP contribution in [0.2, 0.25) is 0 Å². The Balaban J connectivity index is 1.52. The van der Waals surface area contributed by atoms with E-state index in [4.69, 9.17) is 9.72 Å². The molecule has 1 aliphatic rings. The topological polar surface area (TPSA) is 46.8 Å². The van der Waals surface area contributed by atoms with Gasteiger partial charge in [0.1, 0.15) is 5.65 Å². The lowest BCUT2D eigenvalue weighted by Crippen LogP contribution is -2.17. The van der Waals surface area contributed by atoms with Gasteiger partial charge in [0, 0.05) is 21.5 Å². The molecule has 0 radical (unpaired) electrons. The first-order valence-corrected chi connectivity index (χ1v) is 11.5. The molecule has 0 atom stereocenters. The first kappa shape index (κ1) is 18.5. The smallest absolute Gasteiger partial charge is 0.264 e. The fourth-order valence-electron chi connectivity index (χ4n) is 5.45. The Morgan fingerprint density at radius 3 is 2.09 bits per heavy atom. The molecule has 5 heteroatoms. The number of nitrogens with zero attached hydrogens (tertiary/aromatic N) is 3. The minimum atomic E-state index is -0.0493. The zero-order valence-corrected chi connectivity index (χ0v) is 18.5. The molecule has 0 saturated carbocycles.